The zero-order chi connectivity index (χ0) is 28.3. The highest BCUT2D eigenvalue weighted by Gasteiger charge is 2.57. The molecule has 7 nitrogen and oxygen atoms in total. The van der Waals surface area contributed by atoms with Crippen LogP contribution in [0.4, 0.5) is 4.39 Å². The van der Waals surface area contributed by atoms with Crippen molar-refractivity contribution in [2.24, 2.45) is 11.3 Å². The highest BCUT2D eigenvalue weighted by molar-refractivity contribution is 6.30. The highest BCUT2D eigenvalue weighted by atomic mass is 35.5. The number of pyridine rings is 1. The van der Waals surface area contributed by atoms with Crippen molar-refractivity contribution >= 4 is 17.5 Å². The van der Waals surface area contributed by atoms with E-state index in [1.807, 2.05) is 6.07 Å². The molecule has 1 amide bonds. The second kappa shape index (κ2) is 9.64. The standard InChI is InChI=1S/C31H29ClFN3O4/c1-29(39,20-3-4-20)22-12-25-27(26(33)13-22)31(21-5-7-23(32)8-6-21,40-18-30(17-37)10-11-30)36(28(25)38)16-24-9-2-19(14-34)15-35-24/h2,5-9,12-13,15,20,37,39H,3-4,10-11,16-18H2,1H3/t29?,31-/m1/s1. The van der Waals surface area contributed by atoms with Crippen LogP contribution in [0.5, 0.6) is 0 Å². The number of amides is 1. The lowest BCUT2D eigenvalue weighted by Crippen LogP contribution is -2.48. The van der Waals surface area contributed by atoms with Gasteiger partial charge in [0.25, 0.3) is 5.91 Å². The Morgan fingerprint density at radius 1 is 1.23 bits per heavy atom. The van der Waals surface area contributed by atoms with Gasteiger partial charge in [0.05, 0.1) is 47.7 Å². The summed E-state index contributed by atoms with van der Waals surface area (Å²) in [6.45, 7) is 1.62. The lowest BCUT2D eigenvalue weighted by Gasteiger charge is -2.40. The minimum Gasteiger partial charge on any atom is -0.396 e. The van der Waals surface area contributed by atoms with Crippen LogP contribution in [0.3, 0.4) is 0 Å². The van der Waals surface area contributed by atoms with E-state index in [-0.39, 0.29) is 36.8 Å². The molecule has 2 aromatic carbocycles. The Morgan fingerprint density at radius 3 is 2.52 bits per heavy atom. The first-order valence-electron chi connectivity index (χ1n) is 13.4. The Labute approximate surface area is 236 Å². The molecule has 206 valence electrons. The van der Waals surface area contributed by atoms with Gasteiger partial charge in [0.15, 0.2) is 5.72 Å². The van der Waals surface area contributed by atoms with Crippen LogP contribution in [-0.2, 0) is 22.6 Å². The van der Waals surface area contributed by atoms with Crippen molar-refractivity contribution in [2.75, 3.05) is 13.2 Å². The number of carbonyl (C=O) groups excluding carboxylic acids is 1. The summed E-state index contributed by atoms with van der Waals surface area (Å²) in [7, 11) is 0. The van der Waals surface area contributed by atoms with Crippen molar-refractivity contribution in [1.82, 2.24) is 9.88 Å². The van der Waals surface area contributed by atoms with Crippen LogP contribution in [0.2, 0.25) is 5.02 Å². The molecule has 1 unspecified atom stereocenters. The van der Waals surface area contributed by atoms with Crippen molar-refractivity contribution < 1.29 is 24.1 Å². The van der Waals surface area contributed by atoms with Gasteiger partial charge in [-0.05, 0) is 80.5 Å². The van der Waals surface area contributed by atoms with E-state index in [0.29, 0.717) is 27.4 Å². The van der Waals surface area contributed by atoms with Gasteiger partial charge in [-0.1, -0.05) is 23.7 Å². The third-order valence-corrected chi connectivity index (χ3v) is 8.88. The molecule has 6 rings (SSSR count). The van der Waals surface area contributed by atoms with Crippen molar-refractivity contribution in [2.45, 2.75) is 50.5 Å². The first kappa shape index (κ1) is 26.9. The molecule has 2 fully saturated rings. The molecule has 2 atom stereocenters. The number of hydrogen-bond acceptors (Lipinski definition) is 6. The van der Waals surface area contributed by atoms with E-state index in [0.717, 1.165) is 25.7 Å². The van der Waals surface area contributed by atoms with Gasteiger partial charge in [0.1, 0.15) is 11.9 Å². The number of nitrogens with zero attached hydrogens (tertiary/aromatic N) is 3. The van der Waals surface area contributed by atoms with E-state index >= 15 is 4.39 Å². The van der Waals surface area contributed by atoms with Crippen LogP contribution in [0.25, 0.3) is 0 Å². The topological polar surface area (TPSA) is 107 Å². The molecular formula is C31H29ClFN3O4. The summed E-state index contributed by atoms with van der Waals surface area (Å²) < 4.78 is 23.1. The number of nitriles is 1. The second-order valence-corrected chi connectivity index (χ2v) is 11.9. The Kier molecular flexibility index (Phi) is 6.47. The average molecular weight is 562 g/mol. The van der Waals surface area contributed by atoms with Gasteiger partial charge in [-0.25, -0.2) is 4.39 Å². The van der Waals surface area contributed by atoms with Crippen LogP contribution >= 0.6 is 11.6 Å². The summed E-state index contributed by atoms with van der Waals surface area (Å²) in [4.78, 5) is 20.1. The number of rotatable bonds is 9. The SMILES string of the molecule is CC(O)(c1cc(F)c2c(c1)C(=O)N(Cc1ccc(C#N)cn1)[C@@]2(OCC1(CO)CC1)c1ccc(Cl)cc1)C1CC1. The fraction of sp³-hybridized carbons (Fsp3) is 0.387. The summed E-state index contributed by atoms with van der Waals surface area (Å²) in [5, 5.41) is 31.0. The minimum atomic E-state index is -1.69. The maximum atomic E-state index is 16.4. The molecule has 0 saturated heterocycles. The third-order valence-electron chi connectivity index (χ3n) is 8.63. The molecule has 40 heavy (non-hydrogen) atoms. The Hall–Kier alpha value is -3.35. The van der Waals surface area contributed by atoms with Crippen LogP contribution < -0.4 is 0 Å². The number of benzene rings is 2. The van der Waals surface area contributed by atoms with E-state index in [1.54, 1.807) is 49.4 Å². The van der Waals surface area contributed by atoms with E-state index in [4.69, 9.17) is 16.3 Å². The smallest absolute Gasteiger partial charge is 0.257 e. The maximum Gasteiger partial charge on any atom is 0.257 e. The van der Waals surface area contributed by atoms with Gasteiger partial charge >= 0.3 is 0 Å². The molecule has 1 aromatic heterocycles. The summed E-state index contributed by atoms with van der Waals surface area (Å²) in [6.07, 6.45) is 4.59. The van der Waals surface area contributed by atoms with E-state index in [9.17, 15) is 20.3 Å². The van der Waals surface area contributed by atoms with Crippen LogP contribution in [0, 0.1) is 28.5 Å². The molecule has 2 aliphatic carbocycles. The second-order valence-electron chi connectivity index (χ2n) is 11.4. The molecule has 0 spiro atoms. The van der Waals surface area contributed by atoms with Crippen molar-refractivity contribution in [3.63, 3.8) is 0 Å². The molecule has 1 aliphatic heterocycles. The summed E-state index contributed by atoms with van der Waals surface area (Å²) in [5.74, 6) is -1.14. The zero-order valence-corrected chi connectivity index (χ0v) is 22.8. The van der Waals surface area contributed by atoms with E-state index in [1.165, 1.54) is 17.2 Å². The van der Waals surface area contributed by atoms with Gasteiger partial charge in [-0.3, -0.25) is 14.7 Å². The predicted octanol–water partition coefficient (Wildman–Crippen LogP) is 5.01. The molecule has 0 radical (unpaired) electrons. The Morgan fingerprint density at radius 2 is 1.95 bits per heavy atom. The van der Waals surface area contributed by atoms with Crippen LogP contribution in [0.15, 0.2) is 54.7 Å². The highest BCUT2D eigenvalue weighted by Crippen LogP contribution is 2.53. The van der Waals surface area contributed by atoms with E-state index in [2.05, 4.69) is 4.98 Å². The van der Waals surface area contributed by atoms with Gasteiger partial charge in [0.2, 0.25) is 0 Å². The van der Waals surface area contributed by atoms with Crippen molar-refractivity contribution in [3.05, 3.63) is 99.1 Å². The number of aromatic nitrogens is 1. The minimum absolute atomic E-state index is 0.00282. The number of aliphatic hydroxyl groups excluding tert-OH is 1. The number of fused-ring (bicyclic) bond motifs is 1. The summed E-state index contributed by atoms with van der Waals surface area (Å²) >= 11 is 6.21. The lowest BCUT2D eigenvalue weighted by atomic mass is 9.86. The van der Waals surface area contributed by atoms with Crippen molar-refractivity contribution in [1.29, 1.82) is 5.26 Å². The predicted molar refractivity (Wildman–Crippen MR) is 144 cm³/mol. The first-order valence-corrected chi connectivity index (χ1v) is 13.8. The maximum absolute atomic E-state index is 16.4. The lowest BCUT2D eigenvalue weighted by molar-refractivity contribution is -0.130. The monoisotopic (exact) mass is 561 g/mol. The van der Waals surface area contributed by atoms with Crippen LogP contribution in [-0.4, -0.2) is 39.2 Å². The molecule has 3 aliphatic rings. The molecule has 3 aromatic rings. The number of carbonyl (C=O) groups is 1. The Bertz CT molecular complexity index is 1510. The van der Waals surface area contributed by atoms with Gasteiger partial charge in [-0.2, -0.15) is 5.26 Å². The quantitative estimate of drug-likeness (QED) is 0.380. The normalized spacial score (nSPS) is 22.5. The fourth-order valence-electron chi connectivity index (χ4n) is 5.64. The number of ether oxygens (including phenoxy) is 1. The Balaban J connectivity index is 1.55. The van der Waals surface area contributed by atoms with Gasteiger partial charge in [-0.15, -0.1) is 0 Å². The molecule has 0 bridgehead atoms. The number of aliphatic hydroxyl groups is 2. The van der Waals surface area contributed by atoms with Gasteiger partial charge in [0, 0.05) is 22.2 Å². The molecule has 9 heteroatoms. The van der Waals surface area contributed by atoms with Gasteiger partial charge < -0.3 is 14.9 Å². The number of hydrogen-bond donors (Lipinski definition) is 2. The molecule has 2 heterocycles. The molecular weight excluding hydrogens is 533 g/mol. The molecule has 2 N–H and O–H groups in total. The molecule has 2 saturated carbocycles. The average Bonchev–Trinajstić information content (AvgIpc) is 3.88. The zero-order valence-electron chi connectivity index (χ0n) is 22.0. The summed E-state index contributed by atoms with van der Waals surface area (Å²) in [5.41, 5.74) is -1.58. The van der Waals surface area contributed by atoms with E-state index < -0.39 is 28.5 Å². The van der Waals surface area contributed by atoms with Crippen molar-refractivity contribution in [3.8, 4) is 6.07 Å². The largest absolute Gasteiger partial charge is 0.396 e. The first-order chi connectivity index (χ1) is 19.1. The fourth-order valence-corrected chi connectivity index (χ4v) is 5.76. The summed E-state index contributed by atoms with van der Waals surface area (Å²) in [6, 6.07) is 14.9. The number of halogens is 2. The van der Waals surface area contributed by atoms with Crippen LogP contribution in [0.1, 0.15) is 70.9 Å². The third kappa shape index (κ3) is 4.38.